The summed E-state index contributed by atoms with van der Waals surface area (Å²) in [6.07, 6.45) is 0.923. The van der Waals surface area contributed by atoms with Crippen molar-refractivity contribution in [2.24, 2.45) is 5.73 Å². The second-order valence-corrected chi connectivity index (χ2v) is 4.74. The maximum absolute atomic E-state index is 5.94. The van der Waals surface area contributed by atoms with Gasteiger partial charge in [-0.25, -0.2) is 0 Å². The van der Waals surface area contributed by atoms with Crippen LogP contribution < -0.4 is 15.2 Å². The second-order valence-electron chi connectivity index (χ2n) is 4.74. The summed E-state index contributed by atoms with van der Waals surface area (Å²) in [5, 5.41) is 0. The SMILES string of the molecule is COc1ccc([C@H](CN)Cc2ccccc2)cc1OC. The predicted octanol–water partition coefficient (Wildman–Crippen LogP) is 2.99. The molecule has 0 aliphatic heterocycles. The highest BCUT2D eigenvalue weighted by Gasteiger charge is 2.13. The molecule has 0 fully saturated rings. The van der Waals surface area contributed by atoms with Crippen LogP contribution in [0.1, 0.15) is 17.0 Å². The normalized spacial score (nSPS) is 11.9. The van der Waals surface area contributed by atoms with E-state index in [0.29, 0.717) is 6.54 Å². The van der Waals surface area contributed by atoms with Crippen molar-refractivity contribution in [3.8, 4) is 11.5 Å². The van der Waals surface area contributed by atoms with Gasteiger partial charge < -0.3 is 15.2 Å². The molecule has 2 aromatic rings. The third-order valence-electron chi connectivity index (χ3n) is 3.49. The molecule has 106 valence electrons. The number of ether oxygens (including phenoxy) is 2. The number of rotatable bonds is 6. The molecule has 0 spiro atoms. The second kappa shape index (κ2) is 6.96. The minimum absolute atomic E-state index is 0.275. The number of methoxy groups -OCH3 is 2. The first-order valence-electron chi connectivity index (χ1n) is 6.74. The lowest BCUT2D eigenvalue weighted by Crippen LogP contribution is -2.15. The number of hydrogen-bond acceptors (Lipinski definition) is 3. The van der Waals surface area contributed by atoms with Crippen LogP contribution in [0.25, 0.3) is 0 Å². The summed E-state index contributed by atoms with van der Waals surface area (Å²) in [6, 6.07) is 16.4. The van der Waals surface area contributed by atoms with E-state index < -0.39 is 0 Å². The first-order chi connectivity index (χ1) is 9.78. The summed E-state index contributed by atoms with van der Waals surface area (Å²) in [7, 11) is 3.29. The van der Waals surface area contributed by atoms with E-state index in [0.717, 1.165) is 17.9 Å². The van der Waals surface area contributed by atoms with Crippen molar-refractivity contribution in [3.05, 3.63) is 59.7 Å². The van der Waals surface area contributed by atoms with Gasteiger partial charge >= 0.3 is 0 Å². The summed E-state index contributed by atoms with van der Waals surface area (Å²) < 4.78 is 10.6. The van der Waals surface area contributed by atoms with E-state index in [9.17, 15) is 0 Å². The highest BCUT2D eigenvalue weighted by atomic mass is 16.5. The molecular formula is C17H21NO2. The topological polar surface area (TPSA) is 44.5 Å². The zero-order valence-corrected chi connectivity index (χ0v) is 12.0. The summed E-state index contributed by atoms with van der Waals surface area (Å²) in [6.45, 7) is 0.602. The van der Waals surface area contributed by atoms with Crippen molar-refractivity contribution in [3.63, 3.8) is 0 Å². The quantitative estimate of drug-likeness (QED) is 0.878. The Morgan fingerprint density at radius 2 is 1.65 bits per heavy atom. The Balaban J connectivity index is 2.23. The highest BCUT2D eigenvalue weighted by molar-refractivity contribution is 5.44. The zero-order valence-electron chi connectivity index (χ0n) is 12.0. The van der Waals surface area contributed by atoms with Crippen LogP contribution in [-0.4, -0.2) is 20.8 Å². The standard InChI is InChI=1S/C17H21NO2/c1-19-16-9-8-14(11-17(16)20-2)15(12-18)10-13-6-4-3-5-7-13/h3-9,11,15H,10,12,18H2,1-2H3/t15-/m0/s1. The number of hydrogen-bond donors (Lipinski definition) is 1. The van der Waals surface area contributed by atoms with Gasteiger partial charge in [-0.2, -0.15) is 0 Å². The van der Waals surface area contributed by atoms with Gasteiger partial charge in [0.05, 0.1) is 14.2 Å². The molecule has 0 amide bonds. The molecule has 1 atom stereocenters. The van der Waals surface area contributed by atoms with Crippen molar-refractivity contribution in [2.45, 2.75) is 12.3 Å². The molecule has 2 aromatic carbocycles. The smallest absolute Gasteiger partial charge is 0.160 e. The monoisotopic (exact) mass is 271 g/mol. The minimum Gasteiger partial charge on any atom is -0.493 e. The molecule has 2 rings (SSSR count). The van der Waals surface area contributed by atoms with Crippen LogP contribution in [0.3, 0.4) is 0 Å². The van der Waals surface area contributed by atoms with Crippen LogP contribution in [-0.2, 0) is 6.42 Å². The number of benzene rings is 2. The van der Waals surface area contributed by atoms with Crippen molar-refractivity contribution in [1.82, 2.24) is 0 Å². The fraction of sp³-hybridized carbons (Fsp3) is 0.294. The molecule has 20 heavy (non-hydrogen) atoms. The Morgan fingerprint density at radius 3 is 2.25 bits per heavy atom. The van der Waals surface area contributed by atoms with Crippen molar-refractivity contribution in [1.29, 1.82) is 0 Å². The zero-order chi connectivity index (χ0) is 14.4. The van der Waals surface area contributed by atoms with Crippen LogP contribution in [0.2, 0.25) is 0 Å². The molecule has 0 aliphatic rings. The number of nitrogens with two attached hydrogens (primary N) is 1. The first-order valence-corrected chi connectivity index (χ1v) is 6.74. The molecule has 0 heterocycles. The van der Waals surface area contributed by atoms with Crippen LogP contribution in [0.4, 0.5) is 0 Å². The van der Waals surface area contributed by atoms with Crippen LogP contribution in [0, 0.1) is 0 Å². The van der Waals surface area contributed by atoms with E-state index in [4.69, 9.17) is 15.2 Å². The molecule has 0 radical (unpaired) electrons. The molecule has 0 bridgehead atoms. The van der Waals surface area contributed by atoms with E-state index >= 15 is 0 Å². The fourth-order valence-electron chi connectivity index (χ4n) is 2.34. The van der Waals surface area contributed by atoms with E-state index in [1.165, 1.54) is 11.1 Å². The average molecular weight is 271 g/mol. The van der Waals surface area contributed by atoms with Crippen molar-refractivity contribution >= 4 is 0 Å². The molecule has 3 nitrogen and oxygen atoms in total. The van der Waals surface area contributed by atoms with E-state index in [1.54, 1.807) is 14.2 Å². The molecule has 2 N–H and O–H groups in total. The van der Waals surface area contributed by atoms with E-state index in [-0.39, 0.29) is 5.92 Å². The lowest BCUT2D eigenvalue weighted by molar-refractivity contribution is 0.354. The highest BCUT2D eigenvalue weighted by Crippen LogP contribution is 2.31. The molecule has 0 aromatic heterocycles. The maximum Gasteiger partial charge on any atom is 0.160 e. The van der Waals surface area contributed by atoms with Gasteiger partial charge in [-0.15, -0.1) is 0 Å². The van der Waals surface area contributed by atoms with Gasteiger partial charge in [0.2, 0.25) is 0 Å². The molecule has 0 saturated carbocycles. The lowest BCUT2D eigenvalue weighted by atomic mass is 9.92. The average Bonchev–Trinajstić information content (AvgIpc) is 2.53. The van der Waals surface area contributed by atoms with E-state index in [1.807, 2.05) is 18.2 Å². The van der Waals surface area contributed by atoms with Crippen LogP contribution >= 0.6 is 0 Å². The Bertz CT molecular complexity index is 540. The van der Waals surface area contributed by atoms with Gasteiger partial charge in [0.1, 0.15) is 0 Å². The summed E-state index contributed by atoms with van der Waals surface area (Å²) in [5.74, 6) is 1.76. The Hall–Kier alpha value is -2.00. The Morgan fingerprint density at radius 1 is 0.950 bits per heavy atom. The van der Waals surface area contributed by atoms with Gasteiger partial charge in [-0.05, 0) is 36.2 Å². The van der Waals surface area contributed by atoms with Crippen LogP contribution in [0.5, 0.6) is 11.5 Å². The third-order valence-corrected chi connectivity index (χ3v) is 3.49. The van der Waals surface area contributed by atoms with Gasteiger partial charge in [0, 0.05) is 5.92 Å². The first kappa shape index (κ1) is 14.4. The van der Waals surface area contributed by atoms with Gasteiger partial charge in [-0.3, -0.25) is 0 Å². The van der Waals surface area contributed by atoms with Crippen molar-refractivity contribution in [2.75, 3.05) is 20.8 Å². The molecule has 3 heteroatoms. The Labute approximate surface area is 120 Å². The molecular weight excluding hydrogens is 250 g/mol. The fourth-order valence-corrected chi connectivity index (χ4v) is 2.34. The summed E-state index contributed by atoms with van der Waals surface area (Å²) in [4.78, 5) is 0. The Kier molecular flexibility index (Phi) is 5.02. The molecule has 0 saturated heterocycles. The molecule has 0 aliphatic carbocycles. The minimum atomic E-state index is 0.275. The van der Waals surface area contributed by atoms with Gasteiger partial charge in [-0.1, -0.05) is 36.4 Å². The predicted molar refractivity (Wildman–Crippen MR) is 81.5 cm³/mol. The largest absolute Gasteiger partial charge is 0.493 e. The molecule has 0 unspecified atom stereocenters. The summed E-state index contributed by atoms with van der Waals surface area (Å²) >= 11 is 0. The van der Waals surface area contributed by atoms with Gasteiger partial charge in [0.25, 0.3) is 0 Å². The summed E-state index contributed by atoms with van der Waals surface area (Å²) in [5.41, 5.74) is 8.41. The van der Waals surface area contributed by atoms with Crippen LogP contribution in [0.15, 0.2) is 48.5 Å². The maximum atomic E-state index is 5.94. The lowest BCUT2D eigenvalue weighted by Gasteiger charge is -2.17. The van der Waals surface area contributed by atoms with Crippen molar-refractivity contribution < 1.29 is 9.47 Å². The van der Waals surface area contributed by atoms with E-state index in [2.05, 4.69) is 30.3 Å². The third kappa shape index (κ3) is 3.31. The van der Waals surface area contributed by atoms with Gasteiger partial charge in [0.15, 0.2) is 11.5 Å².